The number of hydrogen-bond donors (Lipinski definition) is 2. The van der Waals surface area contributed by atoms with Gasteiger partial charge < -0.3 is 20.1 Å². The number of benzene rings is 3. The standard InChI is InChI=1S/C27H24ClFN2O5/c1-3-31-20(11-16-6-4-5-7-23(16)31)14-36-24-8-15(2)21(13-22(24)28)26(33)30-19-10-17(9-18(29)12-19)25(32)27(34)35/h4-10,12-13,20H,3,11,14H2,1-2H3,(H,30,33)(H,34,35)/t20-/m1/s1. The molecule has 1 amide bonds. The molecule has 0 spiro atoms. The minimum atomic E-state index is -1.72. The number of ether oxygens (including phenoxy) is 1. The van der Waals surface area contributed by atoms with Crippen LogP contribution in [0.1, 0.15) is 38.8 Å². The fourth-order valence-electron chi connectivity index (χ4n) is 4.41. The first-order chi connectivity index (χ1) is 17.2. The Bertz CT molecular complexity index is 1360. The molecule has 0 aromatic heterocycles. The Morgan fingerprint density at radius 2 is 1.92 bits per heavy atom. The number of amides is 1. The third kappa shape index (κ3) is 5.18. The third-order valence-electron chi connectivity index (χ3n) is 6.10. The average molecular weight is 511 g/mol. The molecule has 3 aromatic rings. The maximum Gasteiger partial charge on any atom is 0.377 e. The predicted molar refractivity (Wildman–Crippen MR) is 135 cm³/mol. The summed E-state index contributed by atoms with van der Waals surface area (Å²) in [5.41, 5.74) is 2.84. The van der Waals surface area contributed by atoms with Gasteiger partial charge in [0, 0.05) is 29.0 Å². The topological polar surface area (TPSA) is 95.9 Å². The fourth-order valence-corrected chi connectivity index (χ4v) is 4.63. The number of rotatable bonds is 8. The summed E-state index contributed by atoms with van der Waals surface area (Å²) in [6, 6.07) is 14.4. The van der Waals surface area contributed by atoms with Crippen molar-refractivity contribution < 1.29 is 28.6 Å². The summed E-state index contributed by atoms with van der Waals surface area (Å²) in [5, 5.41) is 11.6. The van der Waals surface area contributed by atoms with E-state index in [1.807, 2.05) is 12.1 Å². The van der Waals surface area contributed by atoms with E-state index >= 15 is 0 Å². The summed E-state index contributed by atoms with van der Waals surface area (Å²) >= 11 is 6.43. The highest BCUT2D eigenvalue weighted by molar-refractivity contribution is 6.40. The van der Waals surface area contributed by atoms with Crippen LogP contribution in [0.25, 0.3) is 0 Å². The van der Waals surface area contributed by atoms with E-state index in [9.17, 15) is 18.8 Å². The number of likely N-dealkylation sites (N-methyl/N-ethyl adjacent to an activating group) is 1. The van der Waals surface area contributed by atoms with E-state index in [0.717, 1.165) is 31.2 Å². The van der Waals surface area contributed by atoms with Crippen molar-refractivity contribution in [1.82, 2.24) is 0 Å². The minimum Gasteiger partial charge on any atom is -0.490 e. The van der Waals surface area contributed by atoms with Crippen LogP contribution in [0.5, 0.6) is 5.75 Å². The molecule has 36 heavy (non-hydrogen) atoms. The lowest BCUT2D eigenvalue weighted by Crippen LogP contribution is -2.36. The molecular weight excluding hydrogens is 487 g/mol. The quantitative estimate of drug-likeness (QED) is 0.322. The smallest absolute Gasteiger partial charge is 0.377 e. The summed E-state index contributed by atoms with van der Waals surface area (Å²) in [6.45, 7) is 5.07. The van der Waals surface area contributed by atoms with Gasteiger partial charge in [-0.3, -0.25) is 9.59 Å². The van der Waals surface area contributed by atoms with Gasteiger partial charge in [-0.05, 0) is 67.8 Å². The normalized spacial score (nSPS) is 14.3. The molecule has 3 aromatic carbocycles. The molecule has 1 heterocycles. The average Bonchev–Trinajstić information content (AvgIpc) is 3.20. The monoisotopic (exact) mass is 510 g/mol. The van der Waals surface area contributed by atoms with Crippen molar-refractivity contribution in [3.05, 3.63) is 87.7 Å². The Balaban J connectivity index is 1.47. The molecule has 1 aliphatic rings. The number of para-hydroxylation sites is 1. The summed E-state index contributed by atoms with van der Waals surface area (Å²) in [6.07, 6.45) is 0.862. The van der Waals surface area contributed by atoms with Gasteiger partial charge in [-0.2, -0.15) is 0 Å². The van der Waals surface area contributed by atoms with E-state index in [1.165, 1.54) is 17.3 Å². The van der Waals surface area contributed by atoms with Gasteiger partial charge >= 0.3 is 5.97 Å². The minimum absolute atomic E-state index is 0.0547. The predicted octanol–water partition coefficient (Wildman–Crippen LogP) is 5.14. The van der Waals surface area contributed by atoms with Crippen LogP contribution in [0.3, 0.4) is 0 Å². The van der Waals surface area contributed by atoms with Crippen molar-refractivity contribution in [2.75, 3.05) is 23.4 Å². The number of carbonyl (C=O) groups excluding carboxylic acids is 2. The van der Waals surface area contributed by atoms with Gasteiger partial charge in [0.25, 0.3) is 11.7 Å². The van der Waals surface area contributed by atoms with Crippen molar-refractivity contribution in [2.24, 2.45) is 0 Å². The fraction of sp³-hybridized carbons (Fsp3) is 0.222. The number of halogens is 2. The van der Waals surface area contributed by atoms with E-state index in [-0.39, 0.29) is 27.9 Å². The van der Waals surface area contributed by atoms with Crippen molar-refractivity contribution in [3.63, 3.8) is 0 Å². The van der Waals surface area contributed by atoms with E-state index in [2.05, 4.69) is 29.3 Å². The number of carboxylic acid groups (broad SMARTS) is 1. The zero-order chi connectivity index (χ0) is 26.0. The molecule has 9 heteroatoms. The Hall–Kier alpha value is -3.91. The van der Waals surface area contributed by atoms with Crippen LogP contribution in [0.15, 0.2) is 54.6 Å². The van der Waals surface area contributed by atoms with Gasteiger partial charge in [0.05, 0.1) is 11.1 Å². The van der Waals surface area contributed by atoms with Crippen LogP contribution in [-0.4, -0.2) is 42.0 Å². The first-order valence-electron chi connectivity index (χ1n) is 11.3. The number of fused-ring (bicyclic) bond motifs is 1. The lowest BCUT2D eigenvalue weighted by Gasteiger charge is -2.26. The second-order valence-corrected chi connectivity index (χ2v) is 8.91. The number of nitrogens with zero attached hydrogens (tertiary/aromatic N) is 1. The molecule has 0 fully saturated rings. The van der Waals surface area contributed by atoms with Crippen LogP contribution in [0.4, 0.5) is 15.8 Å². The summed E-state index contributed by atoms with van der Waals surface area (Å²) in [5.74, 6) is -4.01. The van der Waals surface area contributed by atoms with Crippen LogP contribution in [-0.2, 0) is 11.2 Å². The maximum atomic E-state index is 13.9. The summed E-state index contributed by atoms with van der Waals surface area (Å²) < 4.78 is 20.0. The SMILES string of the molecule is CCN1c2ccccc2C[C@@H]1COc1cc(C)c(C(=O)Nc2cc(F)cc(C(=O)C(=O)O)c2)cc1Cl. The van der Waals surface area contributed by atoms with E-state index < -0.39 is 23.5 Å². The highest BCUT2D eigenvalue weighted by Crippen LogP contribution is 2.34. The molecule has 0 unspecified atom stereocenters. The van der Waals surface area contributed by atoms with Crippen LogP contribution >= 0.6 is 11.6 Å². The summed E-state index contributed by atoms with van der Waals surface area (Å²) in [7, 11) is 0. The van der Waals surface area contributed by atoms with Gasteiger partial charge in [-0.25, -0.2) is 9.18 Å². The zero-order valence-electron chi connectivity index (χ0n) is 19.7. The third-order valence-corrected chi connectivity index (χ3v) is 6.40. The van der Waals surface area contributed by atoms with Crippen molar-refractivity contribution >= 4 is 40.6 Å². The molecule has 186 valence electrons. The molecule has 0 aliphatic carbocycles. The highest BCUT2D eigenvalue weighted by atomic mass is 35.5. The van der Waals surface area contributed by atoms with E-state index in [4.69, 9.17) is 21.4 Å². The molecule has 7 nitrogen and oxygen atoms in total. The number of carbonyl (C=O) groups is 3. The van der Waals surface area contributed by atoms with Gasteiger partial charge in [0.1, 0.15) is 18.2 Å². The molecule has 0 saturated heterocycles. The van der Waals surface area contributed by atoms with Gasteiger partial charge in [-0.15, -0.1) is 0 Å². The van der Waals surface area contributed by atoms with Gasteiger partial charge in [0.15, 0.2) is 0 Å². The number of anilines is 2. The van der Waals surface area contributed by atoms with Crippen molar-refractivity contribution in [1.29, 1.82) is 0 Å². The van der Waals surface area contributed by atoms with Crippen molar-refractivity contribution in [2.45, 2.75) is 26.3 Å². The molecule has 0 saturated carbocycles. The first kappa shape index (κ1) is 25.2. The second-order valence-electron chi connectivity index (χ2n) is 8.50. The number of Topliss-reactive ketones (excluding diaryl/α,β-unsaturated/α-hetero) is 1. The number of aliphatic carboxylic acids is 1. The number of hydrogen-bond acceptors (Lipinski definition) is 5. The van der Waals surface area contributed by atoms with Gasteiger partial charge in [0.2, 0.25) is 0 Å². The molecule has 0 radical (unpaired) electrons. The molecule has 4 rings (SSSR count). The molecule has 0 bridgehead atoms. The largest absolute Gasteiger partial charge is 0.490 e. The number of ketones is 1. The van der Waals surface area contributed by atoms with Crippen LogP contribution in [0, 0.1) is 12.7 Å². The Morgan fingerprint density at radius 1 is 1.17 bits per heavy atom. The number of nitrogens with one attached hydrogen (secondary N) is 1. The Morgan fingerprint density at radius 3 is 2.64 bits per heavy atom. The molecular formula is C27H24ClFN2O5. The van der Waals surface area contributed by atoms with Crippen molar-refractivity contribution in [3.8, 4) is 5.75 Å². The number of aryl methyl sites for hydroxylation is 1. The lowest BCUT2D eigenvalue weighted by molar-refractivity contribution is -0.131. The first-order valence-corrected chi connectivity index (χ1v) is 11.7. The summed E-state index contributed by atoms with van der Waals surface area (Å²) in [4.78, 5) is 37.8. The second kappa shape index (κ2) is 10.4. The van der Waals surface area contributed by atoms with E-state index in [1.54, 1.807) is 13.0 Å². The Kier molecular flexibility index (Phi) is 7.26. The zero-order valence-corrected chi connectivity index (χ0v) is 20.4. The van der Waals surface area contributed by atoms with Gasteiger partial charge in [-0.1, -0.05) is 29.8 Å². The molecule has 1 aliphatic heterocycles. The highest BCUT2D eigenvalue weighted by Gasteiger charge is 2.28. The van der Waals surface area contributed by atoms with Crippen LogP contribution in [0.2, 0.25) is 5.02 Å². The molecule has 1 atom stereocenters. The molecule has 2 N–H and O–H groups in total. The van der Waals surface area contributed by atoms with E-state index in [0.29, 0.717) is 17.9 Å². The maximum absolute atomic E-state index is 13.9. The lowest BCUT2D eigenvalue weighted by atomic mass is 10.1. The number of carboxylic acids is 1. The Labute approximate surface area is 212 Å². The van der Waals surface area contributed by atoms with Crippen LogP contribution < -0.4 is 15.0 Å².